The first kappa shape index (κ1) is 103. The Kier molecular flexibility index (Phi) is 41.7. The van der Waals surface area contributed by atoms with Gasteiger partial charge in [0.2, 0.25) is 0 Å². The number of Topliss-reactive ketones (excluding diaryl/α,β-unsaturated/α-hetero) is 2. The van der Waals surface area contributed by atoms with Gasteiger partial charge in [-0.05, 0) is 105 Å². The number of aromatic carboxylic acids is 1. The molecule has 0 radical (unpaired) electrons. The third kappa shape index (κ3) is 29.2. The van der Waals surface area contributed by atoms with Crippen molar-refractivity contribution in [3.8, 4) is 23.0 Å². The molecule has 37 heteroatoms. The molecule has 34 nitrogen and oxygen atoms in total. The molecule has 0 atom stereocenters. The number of nitro groups is 3. The van der Waals surface area contributed by atoms with Gasteiger partial charge in [0.15, 0.2) is 52.4 Å². The summed E-state index contributed by atoms with van der Waals surface area (Å²) in [6.45, 7) is 5.45. The van der Waals surface area contributed by atoms with Crippen LogP contribution in [0.25, 0.3) is 43.6 Å². The molecule has 14 aromatic rings. The smallest absolute Gasteiger partial charge is 1.00 e. The van der Waals surface area contributed by atoms with Crippen LogP contribution in [-0.4, -0.2) is 186 Å². The van der Waals surface area contributed by atoms with E-state index in [9.17, 15) is 36.0 Å². The topological polar surface area (TPSA) is 493 Å². The number of esters is 1. The number of ether oxygens (including phenoxy) is 5. The summed E-state index contributed by atoms with van der Waals surface area (Å²) in [4.78, 5) is 73.4. The van der Waals surface area contributed by atoms with Gasteiger partial charge in [-0.25, -0.2) is 26.4 Å². The largest absolute Gasteiger partial charge is 1.00 e. The number of ketones is 2. The summed E-state index contributed by atoms with van der Waals surface area (Å²) in [5, 5.41) is 57.3. The number of carboxylic acids is 1. The van der Waals surface area contributed by atoms with E-state index in [4.69, 9.17) is 59.1 Å². The van der Waals surface area contributed by atoms with Crippen LogP contribution in [0.4, 0.5) is 0 Å². The van der Waals surface area contributed by atoms with Crippen molar-refractivity contribution < 1.29 is 111 Å². The standard InChI is InChI=1S/2C24H22N2O4S.C17H16N2O3.C16H14N2O3.3CH3NO2.CH5N.CH4.Li.2H2O.H/c2*1-17-7-3-6-10-24(17)31(28,29)16-22(27)18-11-12-20(23(13-18)30-2)15-26-21-9-5-4-8-19(21)14-25-26;1-21-16-9-12(17(20)22-2)7-8-14(16)11-19-15-6-4-3-5-13(15)10-18-19;1-21-15-8-11(16(19)20)6-7-13(15)10-18-14-5-3-2-4-12(14)9-17-18;3*1-2(3)4;1-2;;;;;/h2*3-14H,15-16H2,1-2H3;3-10H,11H2,1-2H3;2-9H,10H2,1H3,(H,19,20);3*1H3;2H2,1H3;1H4;;2*1H2;/q;;;;;;;;;+1;;;-1. The molecule has 4 aromatic heterocycles. The number of sulfone groups is 2. The van der Waals surface area contributed by atoms with Crippen LogP contribution in [-0.2, 0) is 50.6 Å². The number of aryl methyl sites for hydroxylation is 2. The van der Waals surface area contributed by atoms with Gasteiger partial charge >= 0.3 is 30.8 Å². The van der Waals surface area contributed by atoms with E-state index >= 15 is 0 Å². The number of fused-ring (bicyclic) bond motifs is 4. The van der Waals surface area contributed by atoms with E-state index < -0.39 is 63.5 Å². The third-order valence-electron chi connectivity index (χ3n) is 17.4. The quantitative estimate of drug-likeness (QED) is 0.0210. The van der Waals surface area contributed by atoms with Crippen LogP contribution >= 0.6 is 0 Å². The number of nitrogens with two attached hydrogens (primary N) is 1. The van der Waals surface area contributed by atoms with Crippen molar-refractivity contribution in [3.63, 3.8) is 0 Å². The van der Waals surface area contributed by atoms with Gasteiger partial charge in [-0.1, -0.05) is 153 Å². The van der Waals surface area contributed by atoms with E-state index in [0.29, 0.717) is 77.0 Å². The maximum atomic E-state index is 12.8. The Bertz CT molecular complexity index is 5910. The number of carbonyl (C=O) groups is 4. The van der Waals surface area contributed by atoms with E-state index in [-0.39, 0.29) is 60.0 Å². The molecule has 0 bridgehead atoms. The van der Waals surface area contributed by atoms with Crippen molar-refractivity contribution in [1.29, 1.82) is 0 Å². The second-order valence-corrected chi connectivity index (χ2v) is 29.5. The number of methoxy groups -OCH3 is 5. The molecular weight excluding hydrogens is 1620 g/mol. The van der Waals surface area contributed by atoms with Crippen molar-refractivity contribution in [2.24, 2.45) is 5.73 Å². The first-order valence-corrected chi connectivity index (χ1v) is 39.3. The summed E-state index contributed by atoms with van der Waals surface area (Å²) in [5.74, 6) is -1.27. The molecule has 0 fully saturated rings. The van der Waals surface area contributed by atoms with Crippen molar-refractivity contribution in [3.05, 3.63) is 329 Å². The molecule has 0 saturated carbocycles. The number of carboxylic acid groups (broad SMARTS) is 1. The van der Waals surface area contributed by atoms with Gasteiger partial charge in [0.25, 0.3) is 0 Å². The van der Waals surface area contributed by atoms with Crippen molar-refractivity contribution >= 4 is 86.8 Å². The molecule has 0 unspecified atom stereocenters. The fraction of sp³-hybridized carbons (Fsp3) is 0.209. The van der Waals surface area contributed by atoms with E-state index in [2.05, 4.69) is 26.1 Å². The number of para-hydroxylation sites is 4. The maximum Gasteiger partial charge on any atom is 1.00 e. The van der Waals surface area contributed by atoms with E-state index in [1.54, 1.807) is 130 Å². The van der Waals surface area contributed by atoms with Crippen LogP contribution in [0.3, 0.4) is 0 Å². The van der Waals surface area contributed by atoms with Gasteiger partial charge in [0, 0.05) is 69.7 Å². The Balaban J connectivity index is 0.000000530. The van der Waals surface area contributed by atoms with Gasteiger partial charge < -0.3 is 46.9 Å². The van der Waals surface area contributed by atoms with Gasteiger partial charge in [-0.15, -0.1) is 0 Å². The fourth-order valence-corrected chi connectivity index (χ4v) is 15.0. The number of hydrogen-bond donors (Lipinski definition) is 2. The summed E-state index contributed by atoms with van der Waals surface area (Å²) >= 11 is 0. The fourth-order valence-electron chi connectivity index (χ4n) is 12.0. The van der Waals surface area contributed by atoms with E-state index in [0.717, 1.165) is 87.0 Å². The molecular formula is C86H97LiN12O22S2. The summed E-state index contributed by atoms with van der Waals surface area (Å²) in [7, 11) is 4.22. The molecule has 0 aliphatic rings. The zero-order chi connectivity index (χ0) is 87.1. The summed E-state index contributed by atoms with van der Waals surface area (Å²) in [5.41, 5.74) is 14.6. The molecule has 0 spiro atoms. The summed E-state index contributed by atoms with van der Waals surface area (Å²) < 4.78 is 84.8. The van der Waals surface area contributed by atoms with Crippen LogP contribution in [0.5, 0.6) is 23.0 Å². The molecule has 123 heavy (non-hydrogen) atoms. The predicted molar refractivity (Wildman–Crippen MR) is 465 cm³/mol. The number of nitrogens with zero attached hydrogens (tertiary/aromatic N) is 11. The number of aromatic nitrogens is 8. The molecule has 4 heterocycles. The first-order valence-electron chi connectivity index (χ1n) is 36.0. The van der Waals surface area contributed by atoms with E-state index in [1.807, 2.05) is 134 Å². The average Bonchev–Trinajstić information content (AvgIpc) is 1.31. The zero-order valence-corrected chi connectivity index (χ0v) is 70.5. The zero-order valence-electron chi connectivity index (χ0n) is 69.9. The Hall–Kier alpha value is -13.9. The van der Waals surface area contributed by atoms with Gasteiger partial charge in [0.05, 0.1) is 130 Å². The Morgan fingerprint density at radius 2 is 0.626 bits per heavy atom. The molecule has 0 aliphatic heterocycles. The minimum Gasteiger partial charge on any atom is -1.00 e. The molecule has 646 valence electrons. The molecule has 0 aliphatic carbocycles. The van der Waals surface area contributed by atoms with Crippen molar-refractivity contribution in [1.82, 2.24) is 39.1 Å². The van der Waals surface area contributed by atoms with Crippen LogP contribution < -0.4 is 43.5 Å². The Morgan fingerprint density at radius 3 is 0.878 bits per heavy atom. The summed E-state index contributed by atoms with van der Waals surface area (Å²) in [6.07, 6.45) is 7.25. The predicted octanol–water partition coefficient (Wildman–Crippen LogP) is 9.14. The maximum absolute atomic E-state index is 12.8. The van der Waals surface area contributed by atoms with Crippen LogP contribution in [0.15, 0.2) is 253 Å². The van der Waals surface area contributed by atoms with Gasteiger partial charge in [0.1, 0.15) is 34.5 Å². The molecule has 14 rings (SSSR count). The van der Waals surface area contributed by atoms with Crippen molar-refractivity contribution in [2.45, 2.75) is 57.2 Å². The van der Waals surface area contributed by atoms with E-state index in [1.165, 1.54) is 53.7 Å². The first-order chi connectivity index (χ1) is 56.9. The second kappa shape index (κ2) is 49.6. The monoisotopic (exact) mass is 1720 g/mol. The molecule has 10 aromatic carbocycles. The average molecular weight is 1720 g/mol. The van der Waals surface area contributed by atoms with Crippen LogP contribution in [0, 0.1) is 44.2 Å². The molecule has 0 amide bonds. The van der Waals surface area contributed by atoms with Gasteiger partial charge in [-0.3, -0.25) is 58.7 Å². The van der Waals surface area contributed by atoms with Crippen molar-refractivity contribution in [2.75, 3.05) is 75.2 Å². The van der Waals surface area contributed by atoms with Crippen LogP contribution in [0.2, 0.25) is 0 Å². The van der Waals surface area contributed by atoms with Gasteiger partial charge in [-0.2, -0.15) is 20.4 Å². The normalized spacial score (nSPS) is 10.2. The summed E-state index contributed by atoms with van der Waals surface area (Å²) in [6, 6.07) is 65.2. The number of rotatable bonds is 22. The SMILES string of the molecule is C.CN.COC(=O)c1ccc(Cn2ncc3ccccc32)c(OC)c1.COc1cc(C(=O)CS(=O)(=O)c2ccccc2C)ccc1Cn1ncc2ccccc21.COc1cc(C(=O)CS(=O)(=O)c2ccccc2C)ccc1Cn1ncc2ccccc21.COc1cc(C(=O)O)ccc1Cn1ncc2ccccc21.C[N+](=O)[O-].C[N+](=O)[O-].C[N+](=O)[O-].O.O.[H-].[Li+]. The minimum atomic E-state index is -3.74. The minimum absolute atomic E-state index is 0. The molecule has 7 N–H and O–H groups in total. The number of benzene rings is 10. The number of carbonyl (C=O) groups excluding carboxylic acids is 3. The Morgan fingerprint density at radius 1 is 0.398 bits per heavy atom. The molecule has 0 saturated heterocycles. The third-order valence-corrected chi connectivity index (χ3v) is 21.0. The number of hydrogen-bond acceptors (Lipinski definition) is 24. The Labute approximate surface area is 722 Å². The van der Waals surface area contributed by atoms with Crippen LogP contribution in [0.1, 0.15) is 83.7 Å². The second-order valence-electron chi connectivity index (χ2n) is 25.6.